The number of benzene rings is 1. The van der Waals surface area contributed by atoms with E-state index < -0.39 is 0 Å². The summed E-state index contributed by atoms with van der Waals surface area (Å²) in [6.07, 6.45) is 3.15. The van der Waals surface area contributed by atoms with Crippen LogP contribution in [0, 0.1) is 5.82 Å². The Bertz CT molecular complexity index is 760. The lowest BCUT2D eigenvalue weighted by atomic mass is 10.2. The molecule has 3 aromatic rings. The van der Waals surface area contributed by atoms with Gasteiger partial charge in [-0.2, -0.15) is 5.10 Å². The molecule has 0 spiro atoms. The molecule has 1 aromatic carbocycles. The molecule has 0 radical (unpaired) electrons. The molecule has 6 nitrogen and oxygen atoms in total. The Labute approximate surface area is 138 Å². The maximum Gasteiger partial charge on any atom is 0.206 e. The molecule has 22 heavy (non-hydrogen) atoms. The van der Waals surface area contributed by atoms with Crippen molar-refractivity contribution in [3.63, 3.8) is 0 Å². The van der Waals surface area contributed by atoms with Crippen LogP contribution in [0.4, 0.5) is 9.52 Å². The molecule has 0 amide bonds. The first-order valence-electron chi connectivity index (χ1n) is 6.49. The SMILES string of the molecule is CC(Cn1cncn1)Nc1nnc(-c2cc(Br)ccc2F)s1. The Hall–Kier alpha value is -1.87. The fraction of sp³-hybridized carbons (Fsp3) is 0.231. The number of nitrogens with one attached hydrogen (secondary N) is 1. The van der Waals surface area contributed by atoms with Crippen LogP contribution in [0.2, 0.25) is 0 Å². The fourth-order valence-corrected chi connectivity index (χ4v) is 3.15. The van der Waals surface area contributed by atoms with Gasteiger partial charge in [-0.3, -0.25) is 4.68 Å². The first-order valence-corrected chi connectivity index (χ1v) is 8.10. The van der Waals surface area contributed by atoms with Crippen LogP contribution in [0.1, 0.15) is 6.92 Å². The molecule has 2 heterocycles. The van der Waals surface area contributed by atoms with E-state index in [1.165, 1.54) is 23.7 Å². The van der Waals surface area contributed by atoms with Gasteiger partial charge in [-0.25, -0.2) is 9.37 Å². The van der Waals surface area contributed by atoms with Gasteiger partial charge in [-0.05, 0) is 25.1 Å². The second-order valence-electron chi connectivity index (χ2n) is 4.70. The van der Waals surface area contributed by atoms with Crippen LogP contribution in [-0.4, -0.2) is 31.0 Å². The van der Waals surface area contributed by atoms with E-state index in [2.05, 4.69) is 41.5 Å². The minimum Gasteiger partial charge on any atom is -0.356 e. The summed E-state index contributed by atoms with van der Waals surface area (Å²) >= 11 is 4.64. The smallest absolute Gasteiger partial charge is 0.206 e. The van der Waals surface area contributed by atoms with Crippen LogP contribution in [0.3, 0.4) is 0 Å². The molecule has 0 fully saturated rings. The van der Waals surface area contributed by atoms with Crippen molar-refractivity contribution in [3.8, 4) is 10.6 Å². The van der Waals surface area contributed by atoms with E-state index in [-0.39, 0.29) is 11.9 Å². The first kappa shape index (κ1) is 15.0. The minimum absolute atomic E-state index is 0.0925. The summed E-state index contributed by atoms with van der Waals surface area (Å²) in [6, 6.07) is 4.84. The van der Waals surface area contributed by atoms with Crippen LogP contribution in [0.5, 0.6) is 0 Å². The van der Waals surface area contributed by atoms with E-state index in [9.17, 15) is 4.39 Å². The highest BCUT2D eigenvalue weighted by atomic mass is 79.9. The molecular weight excluding hydrogens is 371 g/mol. The van der Waals surface area contributed by atoms with Crippen molar-refractivity contribution in [2.75, 3.05) is 5.32 Å². The molecule has 0 aliphatic heterocycles. The highest BCUT2D eigenvalue weighted by Crippen LogP contribution is 2.30. The predicted octanol–water partition coefficient (Wildman–Crippen LogP) is 3.20. The van der Waals surface area contributed by atoms with Gasteiger partial charge in [0, 0.05) is 16.1 Å². The zero-order valence-electron chi connectivity index (χ0n) is 11.6. The van der Waals surface area contributed by atoms with Gasteiger partial charge < -0.3 is 5.32 Å². The van der Waals surface area contributed by atoms with Gasteiger partial charge in [0.2, 0.25) is 5.13 Å². The van der Waals surface area contributed by atoms with Gasteiger partial charge in [-0.15, -0.1) is 10.2 Å². The van der Waals surface area contributed by atoms with Gasteiger partial charge in [-0.1, -0.05) is 27.3 Å². The lowest BCUT2D eigenvalue weighted by molar-refractivity contribution is 0.559. The summed E-state index contributed by atoms with van der Waals surface area (Å²) in [5.74, 6) is -0.318. The molecule has 3 rings (SSSR count). The number of halogens is 2. The van der Waals surface area contributed by atoms with Crippen LogP contribution >= 0.6 is 27.3 Å². The fourth-order valence-electron chi connectivity index (χ4n) is 1.92. The zero-order chi connectivity index (χ0) is 15.5. The predicted molar refractivity (Wildman–Crippen MR) is 86.1 cm³/mol. The molecule has 0 saturated heterocycles. The average molecular weight is 383 g/mol. The number of rotatable bonds is 5. The summed E-state index contributed by atoms with van der Waals surface area (Å²) in [5, 5.41) is 16.6. The normalized spacial score (nSPS) is 12.3. The third kappa shape index (κ3) is 3.47. The van der Waals surface area contributed by atoms with E-state index >= 15 is 0 Å². The molecule has 114 valence electrons. The Morgan fingerprint density at radius 3 is 3.05 bits per heavy atom. The second kappa shape index (κ2) is 6.49. The van der Waals surface area contributed by atoms with E-state index in [0.29, 0.717) is 22.2 Å². The molecule has 0 bridgehead atoms. The Balaban J connectivity index is 1.72. The Morgan fingerprint density at radius 1 is 1.41 bits per heavy atom. The van der Waals surface area contributed by atoms with Crippen molar-refractivity contribution >= 4 is 32.4 Å². The van der Waals surface area contributed by atoms with Gasteiger partial charge in [0.05, 0.1) is 6.54 Å². The van der Waals surface area contributed by atoms with Crippen molar-refractivity contribution < 1.29 is 4.39 Å². The van der Waals surface area contributed by atoms with Crippen molar-refractivity contribution in [3.05, 3.63) is 41.1 Å². The van der Waals surface area contributed by atoms with Crippen molar-refractivity contribution in [1.82, 2.24) is 25.0 Å². The molecule has 1 N–H and O–H groups in total. The van der Waals surface area contributed by atoms with Crippen LogP contribution in [0.15, 0.2) is 35.3 Å². The topological polar surface area (TPSA) is 68.5 Å². The summed E-state index contributed by atoms with van der Waals surface area (Å²) in [6.45, 7) is 2.66. The minimum atomic E-state index is -0.318. The van der Waals surface area contributed by atoms with E-state index in [4.69, 9.17) is 0 Å². The Kier molecular flexibility index (Phi) is 4.44. The Morgan fingerprint density at radius 2 is 2.27 bits per heavy atom. The van der Waals surface area contributed by atoms with Crippen LogP contribution in [-0.2, 0) is 6.54 Å². The highest BCUT2D eigenvalue weighted by molar-refractivity contribution is 9.10. The molecule has 1 atom stereocenters. The molecule has 1 unspecified atom stereocenters. The van der Waals surface area contributed by atoms with Gasteiger partial charge in [0.1, 0.15) is 18.5 Å². The zero-order valence-corrected chi connectivity index (χ0v) is 14.0. The summed E-state index contributed by atoms with van der Waals surface area (Å²) in [5.41, 5.74) is 0.434. The van der Waals surface area contributed by atoms with Gasteiger partial charge in [0.25, 0.3) is 0 Å². The van der Waals surface area contributed by atoms with Gasteiger partial charge >= 0.3 is 0 Å². The lowest BCUT2D eigenvalue weighted by Gasteiger charge is -2.11. The highest BCUT2D eigenvalue weighted by Gasteiger charge is 2.13. The monoisotopic (exact) mass is 382 g/mol. The number of nitrogens with zero attached hydrogens (tertiary/aromatic N) is 5. The molecule has 2 aromatic heterocycles. The van der Waals surface area contributed by atoms with Crippen LogP contribution in [0.25, 0.3) is 10.6 Å². The lowest BCUT2D eigenvalue weighted by Crippen LogP contribution is -2.22. The summed E-state index contributed by atoms with van der Waals surface area (Å²) < 4.78 is 16.4. The number of aromatic nitrogens is 5. The van der Waals surface area contributed by atoms with E-state index in [1.54, 1.807) is 23.1 Å². The third-order valence-corrected chi connectivity index (χ3v) is 4.26. The number of anilines is 1. The van der Waals surface area contributed by atoms with Crippen molar-refractivity contribution in [2.24, 2.45) is 0 Å². The average Bonchev–Trinajstić information content (AvgIpc) is 3.13. The summed E-state index contributed by atoms with van der Waals surface area (Å²) in [7, 11) is 0. The number of hydrogen-bond donors (Lipinski definition) is 1. The third-order valence-electron chi connectivity index (χ3n) is 2.88. The van der Waals surface area contributed by atoms with E-state index in [1.807, 2.05) is 6.92 Å². The second-order valence-corrected chi connectivity index (χ2v) is 6.59. The number of hydrogen-bond acceptors (Lipinski definition) is 6. The maximum atomic E-state index is 13.9. The molecule has 0 aliphatic rings. The van der Waals surface area contributed by atoms with E-state index in [0.717, 1.165) is 4.47 Å². The standard InChI is InChI=1S/C13H12BrFN6S/c1-8(5-21-7-16-6-17-21)18-13-20-19-12(22-13)10-4-9(14)2-3-11(10)15/h2-4,6-8H,5H2,1H3,(H,18,20). The van der Waals surface area contributed by atoms with Crippen molar-refractivity contribution in [2.45, 2.75) is 19.5 Å². The molecule has 0 saturated carbocycles. The quantitative estimate of drug-likeness (QED) is 0.733. The van der Waals surface area contributed by atoms with Crippen molar-refractivity contribution in [1.29, 1.82) is 0 Å². The molecule has 0 aliphatic carbocycles. The van der Waals surface area contributed by atoms with Gasteiger partial charge in [0.15, 0.2) is 5.01 Å². The molecule has 9 heteroatoms. The van der Waals surface area contributed by atoms with Crippen LogP contribution < -0.4 is 5.32 Å². The first-order chi connectivity index (χ1) is 10.6. The summed E-state index contributed by atoms with van der Waals surface area (Å²) in [4.78, 5) is 3.90. The largest absolute Gasteiger partial charge is 0.356 e. The maximum absolute atomic E-state index is 13.9. The molecular formula is C13H12BrFN6S.